The second-order valence-corrected chi connectivity index (χ2v) is 13.1. The number of aryl methyl sites for hydroxylation is 6. The number of benzene rings is 2. The predicted molar refractivity (Wildman–Crippen MR) is 210 cm³/mol. The molecule has 0 unspecified atom stereocenters. The Labute approximate surface area is 293 Å². The molecular formula is C44H42N6. The molecule has 2 aliphatic rings. The van der Waals surface area contributed by atoms with Gasteiger partial charge in [0.15, 0.2) is 0 Å². The van der Waals surface area contributed by atoms with Gasteiger partial charge in [-0.1, -0.05) is 35.4 Å². The van der Waals surface area contributed by atoms with Gasteiger partial charge in [0.1, 0.15) is 0 Å². The summed E-state index contributed by atoms with van der Waals surface area (Å²) in [5.41, 5.74) is 20.9. The molecule has 0 radical (unpaired) electrons. The zero-order chi connectivity index (χ0) is 34.8. The van der Waals surface area contributed by atoms with Gasteiger partial charge in [-0.25, -0.2) is 0 Å². The van der Waals surface area contributed by atoms with Crippen molar-refractivity contribution in [1.82, 2.24) is 19.9 Å². The lowest BCUT2D eigenvalue weighted by Crippen LogP contribution is -1.99. The first-order valence-electron chi connectivity index (χ1n) is 17.0. The van der Waals surface area contributed by atoms with Crippen molar-refractivity contribution in [3.8, 4) is 22.8 Å². The van der Waals surface area contributed by atoms with Crippen molar-refractivity contribution >= 4 is 23.6 Å². The first-order chi connectivity index (χ1) is 24.3. The number of aliphatic imine (C=N–C) groups is 2. The normalized spacial score (nSPS) is 15.2. The maximum Gasteiger partial charge on any atom is 0.0729 e. The highest BCUT2D eigenvalue weighted by Crippen LogP contribution is 2.36. The molecule has 4 aromatic heterocycles. The fraction of sp³-hybridized carbons (Fsp3) is 0.136. The summed E-state index contributed by atoms with van der Waals surface area (Å²) in [5.74, 6) is 0. The lowest BCUT2D eigenvalue weighted by atomic mass is 9.91. The molecule has 0 saturated heterocycles. The Morgan fingerprint density at radius 2 is 0.880 bits per heavy atom. The van der Waals surface area contributed by atoms with E-state index in [-0.39, 0.29) is 0 Å². The first-order valence-corrected chi connectivity index (χ1v) is 17.0. The summed E-state index contributed by atoms with van der Waals surface area (Å²) < 4.78 is 0. The Morgan fingerprint density at radius 3 is 1.20 bits per heavy atom. The molecule has 50 heavy (non-hydrogen) atoms. The highest BCUT2D eigenvalue weighted by atomic mass is 14.8. The van der Waals surface area contributed by atoms with Gasteiger partial charge in [-0.2, -0.15) is 0 Å². The molecule has 8 rings (SSSR count). The first kappa shape index (κ1) is 32.4. The van der Waals surface area contributed by atoms with Crippen LogP contribution in [0.5, 0.6) is 0 Å². The minimum atomic E-state index is 0.995. The summed E-state index contributed by atoms with van der Waals surface area (Å²) >= 11 is 0. The van der Waals surface area contributed by atoms with E-state index in [1.54, 1.807) is 0 Å². The summed E-state index contributed by atoms with van der Waals surface area (Å²) in [4.78, 5) is 22.8. The Bertz CT molecular complexity index is 2120. The highest BCUT2D eigenvalue weighted by molar-refractivity contribution is 5.91. The van der Waals surface area contributed by atoms with Crippen LogP contribution in [0.4, 0.5) is 0 Å². The van der Waals surface area contributed by atoms with Crippen molar-refractivity contribution in [2.24, 2.45) is 9.98 Å². The van der Waals surface area contributed by atoms with Crippen molar-refractivity contribution < 1.29 is 0 Å². The van der Waals surface area contributed by atoms with Gasteiger partial charge in [-0.15, -0.1) is 0 Å². The Kier molecular flexibility index (Phi) is 8.92. The number of hydrogen-bond acceptors (Lipinski definition) is 2. The van der Waals surface area contributed by atoms with Crippen LogP contribution in [0.25, 0.3) is 33.9 Å². The molecule has 0 bridgehead atoms. The van der Waals surface area contributed by atoms with E-state index in [0.29, 0.717) is 0 Å². The second kappa shape index (κ2) is 13.8. The lowest BCUT2D eigenvalue weighted by molar-refractivity contribution is 1.24. The molecule has 0 spiro atoms. The largest absolute Gasteiger partial charge is 0.360 e. The molecule has 2 aliphatic heterocycles. The summed E-state index contributed by atoms with van der Waals surface area (Å²) in [6.07, 6.45) is 15.7. The summed E-state index contributed by atoms with van der Waals surface area (Å²) in [5, 5.41) is 0. The molecule has 0 fully saturated rings. The minimum Gasteiger partial charge on any atom is -0.360 e. The van der Waals surface area contributed by atoms with Crippen molar-refractivity contribution in [1.29, 1.82) is 0 Å². The fourth-order valence-corrected chi connectivity index (χ4v) is 7.24. The van der Waals surface area contributed by atoms with Gasteiger partial charge in [-0.05, 0) is 148 Å². The van der Waals surface area contributed by atoms with Gasteiger partial charge in [0.25, 0.3) is 0 Å². The Hall–Kier alpha value is -6.14. The third kappa shape index (κ3) is 6.48. The van der Waals surface area contributed by atoms with Gasteiger partial charge >= 0.3 is 0 Å². The number of hydrogen-bond donors (Lipinski definition) is 4. The maximum absolute atomic E-state index is 4.58. The van der Waals surface area contributed by atoms with Gasteiger partial charge in [0.2, 0.25) is 0 Å². The smallest absolute Gasteiger partial charge is 0.0729 e. The highest BCUT2D eigenvalue weighted by Gasteiger charge is 2.20. The second-order valence-electron chi connectivity index (χ2n) is 13.1. The van der Waals surface area contributed by atoms with Crippen LogP contribution in [-0.2, 0) is 0 Å². The van der Waals surface area contributed by atoms with E-state index in [0.717, 1.165) is 56.7 Å². The number of aromatic amines is 4. The van der Waals surface area contributed by atoms with E-state index in [4.69, 9.17) is 0 Å². The van der Waals surface area contributed by atoms with E-state index in [9.17, 15) is 0 Å². The minimum absolute atomic E-state index is 0.995. The number of aromatic nitrogens is 4. The van der Waals surface area contributed by atoms with Crippen LogP contribution >= 0.6 is 0 Å². The van der Waals surface area contributed by atoms with Crippen LogP contribution < -0.4 is 0 Å². The Balaban J connectivity index is 0.000000157. The van der Waals surface area contributed by atoms with E-state index in [1.165, 1.54) is 44.5 Å². The number of nitrogens with one attached hydrogen (secondary N) is 4. The number of nitrogens with zero attached hydrogens (tertiary/aromatic N) is 2. The molecule has 0 atom stereocenters. The molecule has 0 aliphatic carbocycles. The summed E-state index contributed by atoms with van der Waals surface area (Å²) in [6.45, 7) is 13.0. The average Bonchev–Trinajstić information content (AvgIpc) is 3.94. The zero-order valence-corrected chi connectivity index (χ0v) is 29.4. The molecule has 6 aromatic rings. The SMILES string of the molecule is Cc1cc(C)c(/C(=C2\C=CC=N2)c2ccc(-c3ccc[nH]3)[nH]2)c(C)c1.Cc1cc(C)c(/C(=C2\C=CC=N2)c2ccc(-c3ccc[nH]3)[nH]2)c(C)c1. The van der Waals surface area contributed by atoms with E-state index in [2.05, 4.69) is 144 Å². The molecule has 2 aromatic carbocycles. The number of H-pyrrole nitrogens is 4. The van der Waals surface area contributed by atoms with Gasteiger partial charge in [0, 0.05) is 47.4 Å². The predicted octanol–water partition coefficient (Wildman–Crippen LogP) is 10.7. The van der Waals surface area contributed by atoms with Gasteiger partial charge < -0.3 is 19.9 Å². The van der Waals surface area contributed by atoms with Crippen molar-refractivity contribution in [2.45, 2.75) is 41.5 Å². The van der Waals surface area contributed by atoms with E-state index >= 15 is 0 Å². The average molecular weight is 655 g/mol. The van der Waals surface area contributed by atoms with Crippen molar-refractivity contribution in [3.63, 3.8) is 0 Å². The molecule has 6 heterocycles. The van der Waals surface area contributed by atoms with Crippen LogP contribution in [0, 0.1) is 41.5 Å². The van der Waals surface area contributed by atoms with Crippen molar-refractivity contribution in [2.75, 3.05) is 0 Å². The third-order valence-electron chi connectivity index (χ3n) is 9.16. The topological polar surface area (TPSA) is 87.9 Å². The van der Waals surface area contributed by atoms with Crippen LogP contribution in [0.1, 0.15) is 55.9 Å². The van der Waals surface area contributed by atoms with E-state index < -0.39 is 0 Å². The zero-order valence-electron chi connectivity index (χ0n) is 29.4. The molecule has 6 nitrogen and oxygen atoms in total. The molecule has 4 N–H and O–H groups in total. The lowest BCUT2D eigenvalue weighted by Gasteiger charge is -2.16. The molecule has 248 valence electrons. The molecule has 6 heteroatoms. The van der Waals surface area contributed by atoms with Crippen LogP contribution in [0.15, 0.2) is 131 Å². The van der Waals surface area contributed by atoms with E-state index in [1.807, 2.05) is 49.1 Å². The fourth-order valence-electron chi connectivity index (χ4n) is 7.24. The Morgan fingerprint density at radius 1 is 0.480 bits per heavy atom. The monoisotopic (exact) mass is 654 g/mol. The van der Waals surface area contributed by atoms with Crippen LogP contribution in [0.2, 0.25) is 0 Å². The molecule has 0 saturated carbocycles. The standard InChI is InChI=1S/2C22H21N3/c2*1-14-12-15(2)21(16(3)13-14)22(19-7-5-11-24-19)20-9-8-18(25-20)17-6-4-10-23-17/h2*4-13,23,25H,1-3H3/b2*22-19+. The summed E-state index contributed by atoms with van der Waals surface area (Å²) in [7, 11) is 0. The number of rotatable bonds is 6. The third-order valence-corrected chi connectivity index (χ3v) is 9.16. The van der Waals surface area contributed by atoms with Crippen LogP contribution in [-0.4, -0.2) is 32.4 Å². The van der Waals surface area contributed by atoms with Gasteiger partial charge in [0.05, 0.1) is 34.2 Å². The number of allylic oxidation sites excluding steroid dienone is 4. The quantitative estimate of drug-likeness (QED) is 0.138. The van der Waals surface area contributed by atoms with Gasteiger partial charge in [-0.3, -0.25) is 9.98 Å². The van der Waals surface area contributed by atoms with Crippen molar-refractivity contribution in [3.05, 3.63) is 177 Å². The van der Waals surface area contributed by atoms with Crippen LogP contribution in [0.3, 0.4) is 0 Å². The molecular weight excluding hydrogens is 613 g/mol. The molecule has 0 amide bonds. The summed E-state index contributed by atoms with van der Waals surface area (Å²) in [6, 6.07) is 25.6. The maximum atomic E-state index is 4.58.